The first-order chi connectivity index (χ1) is 14.0. The lowest BCUT2D eigenvalue weighted by molar-refractivity contribution is -0.274. The van der Waals surface area contributed by atoms with Crippen LogP contribution in [0.1, 0.15) is 26.2 Å². The number of esters is 2. The van der Waals surface area contributed by atoms with Crippen LogP contribution in [0.25, 0.3) is 0 Å². The Morgan fingerprint density at radius 3 is 2.57 bits per heavy atom. The zero-order chi connectivity index (χ0) is 22.3. The van der Waals surface area contributed by atoms with Crippen molar-refractivity contribution in [3.63, 3.8) is 0 Å². The van der Waals surface area contributed by atoms with Gasteiger partial charge in [0.2, 0.25) is 0 Å². The highest BCUT2D eigenvalue weighted by Crippen LogP contribution is 2.28. The number of hydrogen-bond donors (Lipinski definition) is 1. The second-order valence-corrected chi connectivity index (χ2v) is 6.96. The lowest BCUT2D eigenvalue weighted by atomic mass is 9.86. The molecule has 30 heavy (non-hydrogen) atoms. The molecule has 1 aromatic carbocycles. The van der Waals surface area contributed by atoms with Gasteiger partial charge in [0.25, 0.3) is 0 Å². The number of benzene rings is 1. The van der Waals surface area contributed by atoms with Gasteiger partial charge >= 0.3 is 18.3 Å². The van der Waals surface area contributed by atoms with Crippen LogP contribution in [0.4, 0.5) is 13.2 Å². The Labute approximate surface area is 171 Å². The summed E-state index contributed by atoms with van der Waals surface area (Å²) in [5.41, 5.74) is 0.286. The van der Waals surface area contributed by atoms with Crippen molar-refractivity contribution in [2.24, 2.45) is 5.92 Å². The summed E-state index contributed by atoms with van der Waals surface area (Å²) in [5.74, 6) is -1.81. The Balaban J connectivity index is 1.76. The number of carbonyl (C=O) groups excluding carboxylic acids is 2. The Morgan fingerprint density at radius 2 is 1.93 bits per heavy atom. The van der Waals surface area contributed by atoms with E-state index in [1.165, 1.54) is 19.1 Å². The number of ether oxygens (including phenoxy) is 4. The van der Waals surface area contributed by atoms with Crippen molar-refractivity contribution >= 4 is 11.9 Å². The summed E-state index contributed by atoms with van der Waals surface area (Å²) in [4.78, 5) is 23.4. The summed E-state index contributed by atoms with van der Waals surface area (Å²) in [7, 11) is 0. The average Bonchev–Trinajstić information content (AvgIpc) is 2.65. The number of carbonyl (C=O) groups is 2. The van der Waals surface area contributed by atoms with Crippen LogP contribution in [-0.2, 0) is 19.1 Å². The van der Waals surface area contributed by atoms with Gasteiger partial charge in [-0.15, -0.1) is 13.2 Å². The molecule has 1 aromatic rings. The van der Waals surface area contributed by atoms with Crippen molar-refractivity contribution < 1.29 is 46.8 Å². The number of aliphatic hydroxyl groups is 1. The molecule has 1 N–H and O–H groups in total. The minimum absolute atomic E-state index is 0.00251. The normalized spacial score (nSPS) is 21.4. The number of rotatable bonds is 8. The fraction of sp³-hybridized carbons (Fsp3) is 0.500. The number of hydrogen-bond acceptors (Lipinski definition) is 7. The SMILES string of the molecule is C=C(C)C(=O)OCC1CCC(OC(=O)COc2cccc(OC(F)(F)F)c2)C(O)C1. The van der Waals surface area contributed by atoms with Crippen LogP contribution in [0.2, 0.25) is 0 Å². The van der Waals surface area contributed by atoms with Crippen LogP contribution in [0.15, 0.2) is 36.4 Å². The van der Waals surface area contributed by atoms with Crippen LogP contribution < -0.4 is 9.47 Å². The molecule has 166 valence electrons. The molecular weight excluding hydrogens is 409 g/mol. The number of alkyl halides is 3. The van der Waals surface area contributed by atoms with Gasteiger partial charge in [0.1, 0.15) is 17.6 Å². The van der Waals surface area contributed by atoms with Crippen molar-refractivity contribution in [2.45, 2.75) is 44.8 Å². The first-order valence-electron chi connectivity index (χ1n) is 9.22. The Hall–Kier alpha value is -2.75. The third-order valence-electron chi connectivity index (χ3n) is 4.34. The maximum absolute atomic E-state index is 12.2. The highest BCUT2D eigenvalue weighted by Gasteiger charge is 2.33. The lowest BCUT2D eigenvalue weighted by Gasteiger charge is -2.32. The minimum atomic E-state index is -4.84. The molecule has 7 nitrogen and oxygen atoms in total. The summed E-state index contributed by atoms with van der Waals surface area (Å²) in [5, 5.41) is 10.2. The van der Waals surface area contributed by atoms with Gasteiger partial charge in [0.05, 0.1) is 12.7 Å². The Bertz CT molecular complexity index is 763. The Kier molecular flexibility index (Phi) is 8.10. The predicted molar refractivity (Wildman–Crippen MR) is 97.6 cm³/mol. The van der Waals surface area contributed by atoms with E-state index in [1.54, 1.807) is 0 Å². The molecule has 2 rings (SSSR count). The maximum Gasteiger partial charge on any atom is 0.573 e. The molecule has 1 aliphatic rings. The third-order valence-corrected chi connectivity index (χ3v) is 4.34. The van der Waals surface area contributed by atoms with Crippen LogP contribution >= 0.6 is 0 Å². The summed E-state index contributed by atoms with van der Waals surface area (Å²) in [6.07, 6.45) is -5.27. The van der Waals surface area contributed by atoms with Gasteiger partial charge in [-0.2, -0.15) is 0 Å². The van der Waals surface area contributed by atoms with Crippen molar-refractivity contribution in [1.29, 1.82) is 0 Å². The van der Waals surface area contributed by atoms with Crippen LogP contribution in [0, 0.1) is 5.92 Å². The molecule has 1 saturated carbocycles. The van der Waals surface area contributed by atoms with E-state index >= 15 is 0 Å². The fourth-order valence-electron chi connectivity index (χ4n) is 2.92. The van der Waals surface area contributed by atoms with Crippen molar-refractivity contribution in [3.05, 3.63) is 36.4 Å². The van der Waals surface area contributed by atoms with Crippen LogP contribution in [-0.4, -0.2) is 48.8 Å². The fourth-order valence-corrected chi connectivity index (χ4v) is 2.92. The van der Waals surface area contributed by atoms with Crippen LogP contribution in [0.3, 0.4) is 0 Å². The second-order valence-electron chi connectivity index (χ2n) is 6.96. The second kappa shape index (κ2) is 10.3. The summed E-state index contributed by atoms with van der Waals surface area (Å²) in [6, 6.07) is 4.74. The highest BCUT2D eigenvalue weighted by atomic mass is 19.4. The van der Waals surface area contributed by atoms with Gasteiger partial charge in [-0.1, -0.05) is 12.6 Å². The lowest BCUT2D eigenvalue weighted by Crippen LogP contribution is -2.39. The number of aliphatic hydroxyl groups excluding tert-OH is 1. The van der Waals surface area contributed by atoms with Crippen molar-refractivity contribution in [2.75, 3.05) is 13.2 Å². The topological polar surface area (TPSA) is 91.3 Å². The molecule has 0 bridgehead atoms. The molecule has 0 aliphatic heterocycles. The predicted octanol–water partition coefficient (Wildman–Crippen LogP) is 3.16. The standard InChI is InChI=1S/C20H23F3O7/c1-12(2)19(26)28-10-13-6-7-17(16(24)8-13)29-18(25)11-27-14-4-3-5-15(9-14)30-20(21,22)23/h3-5,9,13,16-17,24H,1,6-8,10-11H2,2H3. The molecule has 1 fully saturated rings. The van der Waals surface area contributed by atoms with Gasteiger partial charge in [-0.25, -0.2) is 9.59 Å². The molecular formula is C20H23F3O7. The van der Waals surface area contributed by atoms with Gasteiger partial charge in [0.15, 0.2) is 6.61 Å². The zero-order valence-corrected chi connectivity index (χ0v) is 16.3. The number of halogens is 3. The molecule has 0 saturated heterocycles. The summed E-state index contributed by atoms with van der Waals surface area (Å²) < 4.78 is 55.9. The first-order valence-corrected chi connectivity index (χ1v) is 9.22. The van der Waals surface area contributed by atoms with Crippen molar-refractivity contribution in [1.82, 2.24) is 0 Å². The molecule has 3 atom stereocenters. The first kappa shape index (κ1) is 23.5. The highest BCUT2D eigenvalue weighted by molar-refractivity contribution is 5.86. The monoisotopic (exact) mass is 432 g/mol. The molecule has 3 unspecified atom stereocenters. The van der Waals surface area contributed by atoms with E-state index in [4.69, 9.17) is 14.2 Å². The van der Waals surface area contributed by atoms with E-state index in [0.717, 1.165) is 12.1 Å². The van der Waals surface area contributed by atoms with Gasteiger partial charge in [-0.3, -0.25) is 0 Å². The molecule has 0 amide bonds. The largest absolute Gasteiger partial charge is 0.573 e. The zero-order valence-electron chi connectivity index (χ0n) is 16.3. The summed E-state index contributed by atoms with van der Waals surface area (Å²) >= 11 is 0. The molecule has 10 heteroatoms. The average molecular weight is 432 g/mol. The van der Waals surface area contributed by atoms with E-state index in [-0.39, 0.29) is 23.8 Å². The Morgan fingerprint density at radius 1 is 1.23 bits per heavy atom. The molecule has 0 radical (unpaired) electrons. The van der Waals surface area contributed by atoms with Gasteiger partial charge in [0, 0.05) is 11.6 Å². The van der Waals surface area contributed by atoms with Crippen molar-refractivity contribution in [3.8, 4) is 11.5 Å². The third kappa shape index (κ3) is 7.94. The molecule has 0 aromatic heterocycles. The van der Waals surface area contributed by atoms with Gasteiger partial charge < -0.3 is 24.1 Å². The molecule has 1 aliphatic carbocycles. The summed E-state index contributed by atoms with van der Waals surface area (Å²) in [6.45, 7) is 4.62. The van der Waals surface area contributed by atoms with Gasteiger partial charge in [-0.05, 0) is 44.2 Å². The van der Waals surface area contributed by atoms with E-state index in [9.17, 15) is 27.9 Å². The quantitative estimate of drug-likeness (QED) is 0.498. The maximum atomic E-state index is 12.2. The van der Waals surface area contributed by atoms with E-state index in [1.807, 2.05) is 0 Å². The van der Waals surface area contributed by atoms with E-state index in [0.29, 0.717) is 19.3 Å². The molecule has 0 heterocycles. The smallest absolute Gasteiger partial charge is 0.482 e. The minimum Gasteiger partial charge on any atom is -0.482 e. The van der Waals surface area contributed by atoms with E-state index < -0.39 is 42.9 Å². The van der Waals surface area contributed by atoms with Crippen LogP contribution in [0.5, 0.6) is 11.5 Å². The van der Waals surface area contributed by atoms with E-state index in [2.05, 4.69) is 11.3 Å². The molecule has 0 spiro atoms.